The minimum Gasteiger partial charge on any atom is -0.347 e. The number of rotatable bonds is 6. The SMILES string of the molecule is Cc1ccc2nc(C3CC3)c(C(=O)NCc3ccc(-c4nc5n(n4)CCN(S(=O)(=O)C(F)(F)F)C5)cc3)n2c1. The highest BCUT2D eigenvalue weighted by Gasteiger charge is 2.50. The van der Waals surface area contributed by atoms with Gasteiger partial charge in [0.2, 0.25) is 0 Å². The molecule has 0 spiro atoms. The molecule has 0 saturated heterocycles. The van der Waals surface area contributed by atoms with Crippen molar-refractivity contribution in [1.82, 2.24) is 33.8 Å². The number of nitrogens with one attached hydrogen (secondary N) is 1. The van der Waals surface area contributed by atoms with Crippen molar-refractivity contribution in [3.05, 3.63) is 70.9 Å². The fraction of sp³-hybridized carbons (Fsp3) is 0.360. The average Bonchev–Trinajstić information content (AvgIpc) is 3.54. The molecule has 10 nitrogen and oxygen atoms in total. The van der Waals surface area contributed by atoms with Gasteiger partial charge in [0.1, 0.15) is 17.2 Å². The first-order valence-corrected chi connectivity index (χ1v) is 13.8. The zero-order chi connectivity index (χ0) is 27.5. The number of imidazole rings is 1. The highest BCUT2D eigenvalue weighted by atomic mass is 32.2. The molecule has 1 N–H and O–H groups in total. The summed E-state index contributed by atoms with van der Waals surface area (Å²) in [5, 5.41) is 7.31. The number of hydrogen-bond acceptors (Lipinski definition) is 6. The molecule has 3 aromatic heterocycles. The lowest BCUT2D eigenvalue weighted by atomic mass is 10.1. The summed E-state index contributed by atoms with van der Waals surface area (Å²) < 4.78 is 65.9. The predicted molar refractivity (Wildman–Crippen MR) is 134 cm³/mol. The largest absolute Gasteiger partial charge is 0.511 e. The summed E-state index contributed by atoms with van der Waals surface area (Å²) >= 11 is 0. The molecule has 1 aromatic carbocycles. The van der Waals surface area contributed by atoms with Crippen LogP contribution in [0.4, 0.5) is 13.2 Å². The van der Waals surface area contributed by atoms with Crippen LogP contribution in [0.15, 0.2) is 42.6 Å². The van der Waals surface area contributed by atoms with Gasteiger partial charge in [0.25, 0.3) is 5.91 Å². The lowest BCUT2D eigenvalue weighted by Gasteiger charge is -2.26. The Kier molecular flexibility index (Phi) is 5.99. The Morgan fingerprint density at radius 1 is 1.08 bits per heavy atom. The molecule has 14 heteroatoms. The molecular formula is C25H24F3N7O3S. The number of nitrogens with zero attached hydrogens (tertiary/aromatic N) is 6. The van der Waals surface area contributed by atoms with Crippen molar-refractivity contribution in [1.29, 1.82) is 0 Å². The van der Waals surface area contributed by atoms with Crippen LogP contribution in [0.3, 0.4) is 0 Å². The van der Waals surface area contributed by atoms with E-state index in [-0.39, 0.29) is 37.2 Å². The van der Waals surface area contributed by atoms with E-state index in [0.29, 0.717) is 21.5 Å². The molecule has 0 bridgehead atoms. The zero-order valence-electron chi connectivity index (χ0n) is 20.8. The molecule has 4 heterocycles. The van der Waals surface area contributed by atoms with Gasteiger partial charge in [-0.05, 0) is 37.0 Å². The van der Waals surface area contributed by atoms with Gasteiger partial charge in [-0.3, -0.25) is 9.20 Å². The third-order valence-electron chi connectivity index (χ3n) is 6.90. The van der Waals surface area contributed by atoms with E-state index in [1.807, 2.05) is 29.7 Å². The number of aryl methyl sites for hydroxylation is 1. The first-order chi connectivity index (χ1) is 18.5. The van der Waals surface area contributed by atoms with Crippen LogP contribution >= 0.6 is 0 Å². The number of pyridine rings is 1. The van der Waals surface area contributed by atoms with Crippen molar-refractivity contribution >= 4 is 21.6 Å². The zero-order valence-corrected chi connectivity index (χ0v) is 21.6. The highest BCUT2D eigenvalue weighted by molar-refractivity contribution is 7.89. The van der Waals surface area contributed by atoms with E-state index in [9.17, 15) is 26.4 Å². The minimum absolute atomic E-state index is 0.0343. The number of alkyl halides is 3. The van der Waals surface area contributed by atoms with Crippen LogP contribution in [0, 0.1) is 6.92 Å². The molecule has 6 rings (SSSR count). The molecule has 1 amide bonds. The second-order valence-corrected chi connectivity index (χ2v) is 11.7. The number of amides is 1. The fourth-order valence-corrected chi connectivity index (χ4v) is 5.56. The van der Waals surface area contributed by atoms with E-state index in [1.54, 1.807) is 24.3 Å². The monoisotopic (exact) mass is 559 g/mol. The first kappa shape index (κ1) is 25.5. The van der Waals surface area contributed by atoms with Crippen molar-refractivity contribution in [2.45, 2.75) is 50.8 Å². The number of benzene rings is 1. The Morgan fingerprint density at radius 2 is 1.82 bits per heavy atom. The van der Waals surface area contributed by atoms with Gasteiger partial charge in [0, 0.05) is 30.8 Å². The quantitative estimate of drug-likeness (QED) is 0.388. The summed E-state index contributed by atoms with van der Waals surface area (Å²) in [6.45, 7) is 1.35. The van der Waals surface area contributed by atoms with Crippen LogP contribution < -0.4 is 5.32 Å². The van der Waals surface area contributed by atoms with Crippen molar-refractivity contribution in [3.63, 3.8) is 0 Å². The van der Waals surface area contributed by atoms with E-state index in [1.165, 1.54) is 4.68 Å². The molecule has 1 aliphatic carbocycles. The van der Waals surface area contributed by atoms with E-state index in [0.717, 1.165) is 35.3 Å². The van der Waals surface area contributed by atoms with Gasteiger partial charge in [0.15, 0.2) is 5.82 Å². The first-order valence-electron chi connectivity index (χ1n) is 12.4. The number of halogens is 3. The summed E-state index contributed by atoms with van der Waals surface area (Å²) in [7, 11) is -5.44. The molecule has 0 atom stereocenters. The van der Waals surface area contributed by atoms with Crippen LogP contribution in [-0.4, -0.2) is 54.8 Å². The second kappa shape index (κ2) is 9.16. The van der Waals surface area contributed by atoms with Crippen molar-refractivity contribution in [2.24, 2.45) is 0 Å². The van der Waals surface area contributed by atoms with E-state index < -0.39 is 22.1 Å². The van der Waals surface area contributed by atoms with Crippen LogP contribution in [0.5, 0.6) is 0 Å². The molecule has 4 aromatic rings. The Hall–Kier alpha value is -3.78. The summed E-state index contributed by atoms with van der Waals surface area (Å²) in [5.41, 5.74) is -0.774. The van der Waals surface area contributed by atoms with Gasteiger partial charge >= 0.3 is 15.5 Å². The molecule has 0 unspecified atom stereocenters. The maximum atomic E-state index is 13.2. The molecule has 39 heavy (non-hydrogen) atoms. The maximum absolute atomic E-state index is 13.2. The number of aromatic nitrogens is 5. The lowest BCUT2D eigenvalue weighted by molar-refractivity contribution is -0.0496. The van der Waals surface area contributed by atoms with Crippen molar-refractivity contribution in [2.75, 3.05) is 6.54 Å². The summed E-state index contributed by atoms with van der Waals surface area (Å²) in [6.07, 6.45) is 3.95. The molecule has 2 aliphatic rings. The third kappa shape index (κ3) is 4.67. The van der Waals surface area contributed by atoms with Crippen molar-refractivity contribution in [3.8, 4) is 11.4 Å². The maximum Gasteiger partial charge on any atom is 0.511 e. The smallest absolute Gasteiger partial charge is 0.347 e. The summed E-state index contributed by atoms with van der Waals surface area (Å²) in [5.74, 6) is 0.511. The van der Waals surface area contributed by atoms with Gasteiger partial charge < -0.3 is 5.32 Å². The van der Waals surface area contributed by atoms with Crippen LogP contribution in [0.25, 0.3) is 17.0 Å². The minimum atomic E-state index is -5.44. The average molecular weight is 560 g/mol. The number of hydrogen-bond donors (Lipinski definition) is 1. The number of carbonyl (C=O) groups is 1. The number of carbonyl (C=O) groups excluding carboxylic acids is 1. The van der Waals surface area contributed by atoms with Gasteiger partial charge in [-0.25, -0.2) is 23.1 Å². The molecule has 1 aliphatic heterocycles. The Labute approximate surface area is 221 Å². The summed E-state index contributed by atoms with van der Waals surface area (Å²) in [4.78, 5) is 22.2. The predicted octanol–water partition coefficient (Wildman–Crippen LogP) is 3.37. The van der Waals surface area contributed by atoms with E-state index >= 15 is 0 Å². The van der Waals surface area contributed by atoms with Crippen LogP contribution in [0.1, 0.15) is 51.9 Å². The van der Waals surface area contributed by atoms with Gasteiger partial charge in [0.05, 0.1) is 18.8 Å². The third-order valence-corrected chi connectivity index (χ3v) is 8.47. The number of sulfonamides is 1. The Morgan fingerprint density at radius 3 is 2.51 bits per heavy atom. The highest BCUT2D eigenvalue weighted by Crippen LogP contribution is 2.41. The number of fused-ring (bicyclic) bond motifs is 2. The molecule has 0 radical (unpaired) electrons. The molecule has 204 valence electrons. The normalized spacial score (nSPS) is 16.4. The van der Waals surface area contributed by atoms with Crippen molar-refractivity contribution < 1.29 is 26.4 Å². The lowest BCUT2D eigenvalue weighted by Crippen LogP contribution is -2.44. The second-order valence-electron chi connectivity index (χ2n) is 9.79. The standard InChI is InChI=1S/C25H24F3N7O3S/c1-15-2-9-19-30-21(17-7-8-17)22(34(19)13-15)24(36)29-12-16-3-5-18(6-4-16)23-31-20-14-33(10-11-35(20)32-23)39(37,38)25(26,27)28/h2-6,9,13,17H,7-8,10-12,14H2,1H3,(H,29,36). The van der Waals surface area contributed by atoms with E-state index in [2.05, 4.69) is 20.4 Å². The molecular weight excluding hydrogens is 535 g/mol. The van der Waals surface area contributed by atoms with Gasteiger partial charge in [-0.1, -0.05) is 30.3 Å². The Bertz CT molecular complexity index is 1690. The van der Waals surface area contributed by atoms with Crippen LogP contribution in [-0.2, 0) is 29.7 Å². The Balaban J connectivity index is 1.15. The molecule has 1 saturated carbocycles. The van der Waals surface area contributed by atoms with Gasteiger partial charge in [-0.2, -0.15) is 22.6 Å². The van der Waals surface area contributed by atoms with E-state index in [4.69, 9.17) is 0 Å². The summed E-state index contributed by atoms with van der Waals surface area (Å²) in [6, 6.07) is 11.0. The van der Waals surface area contributed by atoms with Crippen LogP contribution in [0.2, 0.25) is 0 Å². The fourth-order valence-electron chi connectivity index (χ4n) is 4.66. The molecule has 1 fully saturated rings. The van der Waals surface area contributed by atoms with Gasteiger partial charge in [-0.15, -0.1) is 0 Å². The topological polar surface area (TPSA) is 114 Å².